The van der Waals surface area contributed by atoms with Gasteiger partial charge in [-0.1, -0.05) is 12.1 Å². The van der Waals surface area contributed by atoms with Crippen molar-refractivity contribution in [3.63, 3.8) is 0 Å². The molecule has 1 N–H and O–H groups in total. The van der Waals surface area contributed by atoms with Crippen molar-refractivity contribution in [3.05, 3.63) is 59.9 Å². The molecule has 2 aromatic carbocycles. The molecular weight excluding hydrogens is 307 g/mol. The van der Waals surface area contributed by atoms with Gasteiger partial charge in [-0.2, -0.15) is 0 Å². The van der Waals surface area contributed by atoms with Gasteiger partial charge < -0.3 is 14.7 Å². The van der Waals surface area contributed by atoms with Crippen LogP contribution in [0.4, 0.5) is 10.1 Å². The number of aliphatic hydroxyl groups is 1. The van der Waals surface area contributed by atoms with Crippen LogP contribution in [0.5, 0.6) is 5.75 Å². The minimum absolute atomic E-state index is 0.208. The number of hydrogen-bond acceptors (Lipinski definition) is 4. The van der Waals surface area contributed by atoms with E-state index in [1.165, 1.54) is 12.1 Å². The Kier molecular flexibility index (Phi) is 5.33. The molecule has 0 spiro atoms. The fraction of sp³-hybridized carbons (Fsp3) is 0.368. The quantitative estimate of drug-likeness (QED) is 0.914. The van der Waals surface area contributed by atoms with E-state index in [0.717, 1.165) is 43.2 Å². The summed E-state index contributed by atoms with van der Waals surface area (Å²) < 4.78 is 18.1. The lowest BCUT2D eigenvalue weighted by Crippen LogP contribution is -2.47. The zero-order valence-electron chi connectivity index (χ0n) is 13.9. The lowest BCUT2D eigenvalue weighted by molar-refractivity contribution is 0.109. The second-order valence-corrected chi connectivity index (χ2v) is 6.05. The molecule has 2 aromatic rings. The summed E-state index contributed by atoms with van der Waals surface area (Å²) in [7, 11) is 1.63. The highest BCUT2D eigenvalue weighted by Crippen LogP contribution is 2.21. The van der Waals surface area contributed by atoms with E-state index in [9.17, 15) is 9.50 Å². The summed E-state index contributed by atoms with van der Waals surface area (Å²) in [5.74, 6) is 0.582. The number of rotatable bonds is 5. The number of hydrogen-bond donors (Lipinski definition) is 1. The molecule has 3 rings (SSSR count). The third-order valence-electron chi connectivity index (χ3n) is 4.50. The Morgan fingerprint density at radius 3 is 2.21 bits per heavy atom. The number of piperazine rings is 1. The largest absolute Gasteiger partial charge is 0.497 e. The van der Waals surface area contributed by atoms with Crippen LogP contribution in [0.1, 0.15) is 11.7 Å². The average molecular weight is 330 g/mol. The van der Waals surface area contributed by atoms with Crippen LogP contribution in [-0.2, 0) is 0 Å². The summed E-state index contributed by atoms with van der Waals surface area (Å²) in [6.07, 6.45) is -0.506. The van der Waals surface area contributed by atoms with Gasteiger partial charge in [0.1, 0.15) is 11.6 Å². The number of aliphatic hydroxyl groups excluding tert-OH is 1. The molecule has 1 fully saturated rings. The van der Waals surface area contributed by atoms with E-state index in [-0.39, 0.29) is 5.82 Å². The number of halogens is 1. The molecule has 1 heterocycles. The van der Waals surface area contributed by atoms with Gasteiger partial charge in [0, 0.05) is 38.4 Å². The molecule has 4 nitrogen and oxygen atoms in total. The van der Waals surface area contributed by atoms with E-state index in [2.05, 4.69) is 9.80 Å². The van der Waals surface area contributed by atoms with Crippen molar-refractivity contribution < 1.29 is 14.2 Å². The van der Waals surface area contributed by atoms with E-state index in [1.807, 2.05) is 36.4 Å². The molecule has 0 aliphatic carbocycles. The van der Waals surface area contributed by atoms with Gasteiger partial charge in [-0.15, -0.1) is 0 Å². The Balaban J connectivity index is 1.51. The molecule has 1 aliphatic rings. The lowest BCUT2D eigenvalue weighted by atomic mass is 10.1. The summed E-state index contributed by atoms with van der Waals surface area (Å²) in [5, 5.41) is 10.4. The number of benzene rings is 2. The second kappa shape index (κ2) is 7.64. The minimum Gasteiger partial charge on any atom is -0.497 e. The Morgan fingerprint density at radius 2 is 1.62 bits per heavy atom. The van der Waals surface area contributed by atoms with Gasteiger partial charge in [0.15, 0.2) is 0 Å². The third kappa shape index (κ3) is 4.04. The first-order valence-electron chi connectivity index (χ1n) is 8.20. The normalized spacial score (nSPS) is 16.9. The van der Waals surface area contributed by atoms with E-state index < -0.39 is 6.10 Å². The molecule has 1 atom stereocenters. The van der Waals surface area contributed by atoms with Crippen molar-refractivity contribution in [3.8, 4) is 5.75 Å². The Bertz CT molecular complexity index is 637. The van der Waals surface area contributed by atoms with Crippen molar-refractivity contribution in [2.75, 3.05) is 44.7 Å². The Morgan fingerprint density at radius 1 is 1.00 bits per heavy atom. The smallest absolute Gasteiger partial charge is 0.123 e. The second-order valence-electron chi connectivity index (χ2n) is 6.05. The Hall–Kier alpha value is -2.11. The van der Waals surface area contributed by atoms with E-state index in [1.54, 1.807) is 7.11 Å². The first kappa shape index (κ1) is 16.7. The zero-order chi connectivity index (χ0) is 16.9. The minimum atomic E-state index is -0.506. The molecule has 1 aliphatic heterocycles. The van der Waals surface area contributed by atoms with Crippen LogP contribution in [0.25, 0.3) is 0 Å². The topological polar surface area (TPSA) is 35.9 Å². The van der Waals surface area contributed by atoms with Crippen molar-refractivity contribution >= 4 is 5.69 Å². The van der Waals surface area contributed by atoms with Crippen LogP contribution in [0, 0.1) is 5.82 Å². The maximum atomic E-state index is 13.0. The highest BCUT2D eigenvalue weighted by molar-refractivity contribution is 5.46. The molecular formula is C19H23FN2O2. The van der Waals surface area contributed by atoms with Gasteiger partial charge >= 0.3 is 0 Å². The summed E-state index contributed by atoms with van der Waals surface area (Å²) in [6.45, 7) is 4.13. The summed E-state index contributed by atoms with van der Waals surface area (Å²) in [6, 6.07) is 14.2. The van der Waals surface area contributed by atoms with Crippen molar-refractivity contribution in [1.29, 1.82) is 0 Å². The number of anilines is 1. The highest BCUT2D eigenvalue weighted by atomic mass is 19.1. The fourth-order valence-corrected chi connectivity index (χ4v) is 3.02. The van der Waals surface area contributed by atoms with Crippen LogP contribution < -0.4 is 9.64 Å². The van der Waals surface area contributed by atoms with Crippen molar-refractivity contribution in [1.82, 2.24) is 4.90 Å². The van der Waals surface area contributed by atoms with Crippen LogP contribution in [0.15, 0.2) is 48.5 Å². The molecule has 0 amide bonds. The predicted molar refractivity (Wildman–Crippen MR) is 93.0 cm³/mol. The molecule has 128 valence electrons. The fourth-order valence-electron chi connectivity index (χ4n) is 3.02. The maximum Gasteiger partial charge on any atom is 0.123 e. The molecule has 1 saturated heterocycles. The van der Waals surface area contributed by atoms with Crippen LogP contribution in [-0.4, -0.2) is 49.8 Å². The monoisotopic (exact) mass is 330 g/mol. The van der Waals surface area contributed by atoms with Gasteiger partial charge in [0.25, 0.3) is 0 Å². The molecule has 0 unspecified atom stereocenters. The molecule has 0 saturated carbocycles. The van der Waals surface area contributed by atoms with Gasteiger partial charge in [-0.3, -0.25) is 4.90 Å². The van der Waals surface area contributed by atoms with Gasteiger partial charge in [-0.25, -0.2) is 4.39 Å². The van der Waals surface area contributed by atoms with Crippen LogP contribution >= 0.6 is 0 Å². The number of β-amino-alcohol motifs (C(OH)–C–C–N with tert-alkyl or cyclic N) is 1. The van der Waals surface area contributed by atoms with E-state index >= 15 is 0 Å². The molecule has 0 radical (unpaired) electrons. The van der Waals surface area contributed by atoms with Crippen LogP contribution in [0.3, 0.4) is 0 Å². The molecule has 0 aromatic heterocycles. The van der Waals surface area contributed by atoms with Crippen LogP contribution in [0.2, 0.25) is 0 Å². The van der Waals surface area contributed by atoms with E-state index in [4.69, 9.17) is 4.74 Å². The lowest BCUT2D eigenvalue weighted by Gasteiger charge is -2.37. The number of nitrogens with zero attached hydrogens (tertiary/aromatic N) is 2. The first-order chi connectivity index (χ1) is 11.7. The molecule has 0 bridgehead atoms. The zero-order valence-corrected chi connectivity index (χ0v) is 13.9. The first-order valence-corrected chi connectivity index (χ1v) is 8.20. The van der Waals surface area contributed by atoms with Gasteiger partial charge in [0.2, 0.25) is 0 Å². The average Bonchev–Trinajstić information content (AvgIpc) is 2.63. The maximum absolute atomic E-state index is 13.0. The number of ether oxygens (including phenoxy) is 1. The van der Waals surface area contributed by atoms with E-state index in [0.29, 0.717) is 6.54 Å². The highest BCUT2D eigenvalue weighted by Gasteiger charge is 2.20. The SMILES string of the molecule is COc1ccc([C@@H](O)CN2CCN(c3ccc(F)cc3)CC2)cc1. The number of methoxy groups -OCH3 is 1. The molecule has 5 heteroatoms. The summed E-state index contributed by atoms with van der Waals surface area (Å²) >= 11 is 0. The standard InChI is InChI=1S/C19H23FN2O2/c1-24-18-8-2-15(3-9-18)19(23)14-21-10-12-22(13-11-21)17-6-4-16(20)5-7-17/h2-9,19,23H,10-14H2,1H3/t19-/m0/s1. The summed E-state index contributed by atoms with van der Waals surface area (Å²) in [5.41, 5.74) is 1.95. The Labute approximate surface area is 142 Å². The molecule has 24 heavy (non-hydrogen) atoms. The third-order valence-corrected chi connectivity index (χ3v) is 4.50. The predicted octanol–water partition coefficient (Wildman–Crippen LogP) is 2.69. The van der Waals surface area contributed by atoms with Gasteiger partial charge in [0.05, 0.1) is 13.2 Å². The van der Waals surface area contributed by atoms with Crippen molar-refractivity contribution in [2.45, 2.75) is 6.10 Å². The van der Waals surface area contributed by atoms with Crippen molar-refractivity contribution in [2.24, 2.45) is 0 Å². The van der Waals surface area contributed by atoms with Gasteiger partial charge in [-0.05, 0) is 42.0 Å². The summed E-state index contributed by atoms with van der Waals surface area (Å²) in [4.78, 5) is 4.50.